The quantitative estimate of drug-likeness (QED) is 0.611. The van der Waals surface area contributed by atoms with Crippen LogP contribution in [-0.2, 0) is 4.79 Å². The van der Waals surface area contributed by atoms with Crippen LogP contribution in [0.5, 0.6) is 5.75 Å². The first-order chi connectivity index (χ1) is 14.1. The van der Waals surface area contributed by atoms with Gasteiger partial charge in [0, 0.05) is 24.2 Å². The Hall–Kier alpha value is -2.33. The van der Waals surface area contributed by atoms with Crippen molar-refractivity contribution >= 4 is 5.91 Å². The number of carbonyl (C=O) groups excluding carboxylic acids is 1. The average molecular weight is 395 g/mol. The van der Waals surface area contributed by atoms with Gasteiger partial charge in [0.15, 0.2) is 0 Å². The van der Waals surface area contributed by atoms with E-state index in [9.17, 15) is 4.79 Å². The van der Waals surface area contributed by atoms with Crippen molar-refractivity contribution in [1.29, 1.82) is 0 Å². The van der Waals surface area contributed by atoms with Gasteiger partial charge < -0.3 is 10.1 Å². The number of carbonyl (C=O) groups is 1. The van der Waals surface area contributed by atoms with E-state index in [4.69, 9.17) is 4.74 Å². The molecule has 0 spiro atoms. The first kappa shape index (κ1) is 21.4. The largest absolute Gasteiger partial charge is 0.476 e. The molecule has 0 radical (unpaired) electrons. The summed E-state index contributed by atoms with van der Waals surface area (Å²) in [5, 5.41) is 3.08. The van der Waals surface area contributed by atoms with Crippen molar-refractivity contribution in [3.63, 3.8) is 0 Å². The Kier molecular flexibility index (Phi) is 8.12. The molecule has 1 aliphatic rings. The van der Waals surface area contributed by atoms with Crippen molar-refractivity contribution in [2.75, 3.05) is 13.1 Å². The van der Waals surface area contributed by atoms with Gasteiger partial charge in [0.05, 0.1) is 0 Å². The van der Waals surface area contributed by atoms with Gasteiger partial charge in [-0.2, -0.15) is 0 Å². The summed E-state index contributed by atoms with van der Waals surface area (Å²) in [6.45, 7) is 6.46. The highest BCUT2D eigenvalue weighted by Crippen LogP contribution is 2.23. The van der Waals surface area contributed by atoms with Gasteiger partial charge in [-0.05, 0) is 58.2 Å². The van der Waals surface area contributed by atoms with E-state index < -0.39 is 6.10 Å². The molecule has 0 aliphatic carbocycles. The van der Waals surface area contributed by atoms with E-state index in [2.05, 4.69) is 24.1 Å². The topological polar surface area (TPSA) is 41.6 Å². The number of amides is 1. The van der Waals surface area contributed by atoms with Crippen molar-refractivity contribution in [3.8, 4) is 5.75 Å². The van der Waals surface area contributed by atoms with E-state index in [-0.39, 0.29) is 5.91 Å². The van der Waals surface area contributed by atoms with E-state index in [1.165, 1.54) is 19.3 Å². The second-order valence-corrected chi connectivity index (χ2v) is 8.09. The number of ether oxygens (including phenoxy) is 1. The lowest BCUT2D eigenvalue weighted by atomic mass is 9.97. The van der Waals surface area contributed by atoms with Gasteiger partial charge in [-0.15, -0.1) is 0 Å². The number of benzene rings is 2. The van der Waals surface area contributed by atoms with E-state index >= 15 is 0 Å². The van der Waals surface area contributed by atoms with Crippen LogP contribution < -0.4 is 10.1 Å². The minimum Gasteiger partial charge on any atom is -0.476 e. The van der Waals surface area contributed by atoms with Gasteiger partial charge in [-0.1, -0.05) is 55.0 Å². The molecular weight excluding hydrogens is 360 g/mol. The number of rotatable bonds is 9. The lowest BCUT2D eigenvalue weighted by Gasteiger charge is -2.39. The molecule has 4 nitrogen and oxygen atoms in total. The number of nitrogens with zero attached hydrogens (tertiary/aromatic N) is 1. The molecule has 2 aromatic rings. The predicted molar refractivity (Wildman–Crippen MR) is 118 cm³/mol. The third-order valence-corrected chi connectivity index (χ3v) is 5.86. The minimum atomic E-state index is -0.638. The molecule has 1 fully saturated rings. The standard InChI is InChI=1S/C25H34N2O2/c1-20-12-11-13-21(2)27(20)19-10-9-18-26-25(28)24(22-14-5-3-6-15-22)29-23-16-7-4-8-17-23/h3-8,14-17,20-21,24H,9-13,18-19H2,1-2H3,(H,26,28)/t20-,21-,24?/m0/s1. The molecular formula is C25H34N2O2. The van der Waals surface area contributed by atoms with Crippen LogP contribution in [0.2, 0.25) is 0 Å². The molecule has 3 atom stereocenters. The van der Waals surface area contributed by atoms with Crippen molar-refractivity contribution in [1.82, 2.24) is 10.2 Å². The van der Waals surface area contributed by atoms with E-state index in [0.29, 0.717) is 24.4 Å². The second-order valence-electron chi connectivity index (χ2n) is 8.09. The SMILES string of the molecule is C[C@H]1CCC[C@H](C)N1CCCCNC(=O)C(Oc1ccccc1)c1ccccc1. The zero-order chi connectivity index (χ0) is 20.5. The van der Waals surface area contributed by atoms with Crippen LogP contribution in [0.3, 0.4) is 0 Å². The maximum atomic E-state index is 12.9. The van der Waals surface area contributed by atoms with Gasteiger partial charge in [0.25, 0.3) is 5.91 Å². The molecule has 1 N–H and O–H groups in total. The van der Waals surface area contributed by atoms with E-state index in [1.807, 2.05) is 60.7 Å². The minimum absolute atomic E-state index is 0.0836. The highest BCUT2D eigenvalue weighted by Gasteiger charge is 2.24. The average Bonchev–Trinajstić information content (AvgIpc) is 2.75. The van der Waals surface area contributed by atoms with Crippen LogP contribution in [0.15, 0.2) is 60.7 Å². The van der Waals surface area contributed by atoms with Crippen LogP contribution in [0.25, 0.3) is 0 Å². The molecule has 2 aromatic carbocycles. The maximum absolute atomic E-state index is 12.9. The Morgan fingerprint density at radius 1 is 1.00 bits per heavy atom. The summed E-state index contributed by atoms with van der Waals surface area (Å²) in [4.78, 5) is 15.5. The van der Waals surface area contributed by atoms with Gasteiger partial charge in [0.2, 0.25) is 6.10 Å². The molecule has 1 unspecified atom stereocenters. The number of unbranched alkanes of at least 4 members (excludes halogenated alkanes) is 1. The summed E-state index contributed by atoms with van der Waals surface area (Å²) in [5.74, 6) is 0.615. The van der Waals surface area contributed by atoms with Crippen LogP contribution in [0.4, 0.5) is 0 Å². The fourth-order valence-corrected chi connectivity index (χ4v) is 4.18. The van der Waals surface area contributed by atoms with Crippen LogP contribution in [0, 0.1) is 0 Å². The number of likely N-dealkylation sites (tertiary alicyclic amines) is 1. The number of hydrogen-bond acceptors (Lipinski definition) is 3. The normalized spacial score (nSPS) is 20.8. The first-order valence-electron chi connectivity index (χ1n) is 11.0. The van der Waals surface area contributed by atoms with E-state index in [1.54, 1.807) is 0 Å². The molecule has 1 saturated heterocycles. The molecule has 1 heterocycles. The number of piperidine rings is 1. The van der Waals surface area contributed by atoms with Gasteiger partial charge in [-0.25, -0.2) is 0 Å². The summed E-state index contributed by atoms with van der Waals surface area (Å²) in [7, 11) is 0. The van der Waals surface area contributed by atoms with Gasteiger partial charge >= 0.3 is 0 Å². The molecule has 1 aliphatic heterocycles. The van der Waals surface area contributed by atoms with Crippen molar-refractivity contribution in [2.24, 2.45) is 0 Å². The third kappa shape index (κ3) is 6.33. The monoisotopic (exact) mass is 394 g/mol. The van der Waals surface area contributed by atoms with Gasteiger partial charge in [0.1, 0.15) is 5.75 Å². The first-order valence-corrected chi connectivity index (χ1v) is 11.0. The molecule has 0 aromatic heterocycles. The molecule has 0 saturated carbocycles. The molecule has 0 bridgehead atoms. The fourth-order valence-electron chi connectivity index (χ4n) is 4.18. The number of hydrogen-bond donors (Lipinski definition) is 1. The summed E-state index contributed by atoms with van der Waals surface area (Å²) >= 11 is 0. The lowest BCUT2D eigenvalue weighted by Crippen LogP contribution is -2.44. The fraction of sp³-hybridized carbons (Fsp3) is 0.480. The second kappa shape index (κ2) is 11.0. The number of para-hydroxylation sites is 1. The Labute approximate surface area is 175 Å². The molecule has 4 heteroatoms. The van der Waals surface area contributed by atoms with Gasteiger partial charge in [-0.3, -0.25) is 9.69 Å². The molecule has 1 amide bonds. The van der Waals surface area contributed by atoms with Crippen LogP contribution >= 0.6 is 0 Å². The van der Waals surface area contributed by atoms with E-state index in [0.717, 1.165) is 24.9 Å². The van der Waals surface area contributed by atoms with Crippen molar-refractivity contribution in [3.05, 3.63) is 66.2 Å². The van der Waals surface area contributed by atoms with Crippen LogP contribution in [-0.4, -0.2) is 36.0 Å². The van der Waals surface area contributed by atoms with Crippen molar-refractivity contribution in [2.45, 2.75) is 64.1 Å². The third-order valence-electron chi connectivity index (χ3n) is 5.86. The Balaban J connectivity index is 1.49. The Morgan fingerprint density at radius 2 is 1.62 bits per heavy atom. The molecule has 3 rings (SSSR count). The Bertz CT molecular complexity index is 725. The lowest BCUT2D eigenvalue weighted by molar-refractivity contribution is -0.128. The summed E-state index contributed by atoms with van der Waals surface area (Å²) in [6, 6.07) is 20.6. The highest BCUT2D eigenvalue weighted by molar-refractivity contribution is 5.82. The highest BCUT2D eigenvalue weighted by atomic mass is 16.5. The molecule has 156 valence electrons. The zero-order valence-corrected chi connectivity index (χ0v) is 17.7. The predicted octanol–water partition coefficient (Wildman–Crippen LogP) is 4.97. The van der Waals surface area contributed by atoms with Crippen LogP contribution in [0.1, 0.15) is 57.6 Å². The zero-order valence-electron chi connectivity index (χ0n) is 17.7. The smallest absolute Gasteiger partial charge is 0.265 e. The molecule has 29 heavy (non-hydrogen) atoms. The maximum Gasteiger partial charge on any atom is 0.265 e. The summed E-state index contributed by atoms with van der Waals surface area (Å²) in [6.07, 6.45) is 5.39. The Morgan fingerprint density at radius 3 is 2.28 bits per heavy atom. The summed E-state index contributed by atoms with van der Waals surface area (Å²) < 4.78 is 6.02. The van der Waals surface area contributed by atoms with Crippen molar-refractivity contribution < 1.29 is 9.53 Å². The number of nitrogens with one attached hydrogen (secondary N) is 1. The summed E-state index contributed by atoms with van der Waals surface area (Å²) in [5.41, 5.74) is 0.866.